The second-order valence-electron chi connectivity index (χ2n) is 9.23. The maximum atomic E-state index is 13.0. The van der Waals surface area contributed by atoms with Crippen LogP contribution < -0.4 is 20.3 Å². The molecule has 2 N–H and O–H groups in total. The third kappa shape index (κ3) is 5.80. The second kappa shape index (κ2) is 11.3. The molecule has 3 heterocycles. The van der Waals surface area contributed by atoms with Gasteiger partial charge in [0.05, 0.1) is 31.3 Å². The number of nitrogens with one attached hydrogen (secondary N) is 2. The molecule has 0 unspecified atom stereocenters. The Kier molecular flexibility index (Phi) is 7.69. The SMILES string of the molecule is C[C@@H](NC(=S)N(CCCN1CCOCC1)Cc1cc2cc3c(cc2[nH]c1=O)OCO3)c1ccccc1. The summed E-state index contributed by atoms with van der Waals surface area (Å²) < 4.78 is 16.4. The Bertz CT molecular complexity index is 1260. The van der Waals surface area contributed by atoms with Crippen LogP contribution >= 0.6 is 12.2 Å². The van der Waals surface area contributed by atoms with Gasteiger partial charge in [-0.05, 0) is 43.3 Å². The van der Waals surface area contributed by atoms with Crippen LogP contribution in [0.2, 0.25) is 0 Å². The number of rotatable bonds is 8. The first-order valence-electron chi connectivity index (χ1n) is 12.4. The highest BCUT2D eigenvalue weighted by atomic mass is 32.1. The number of nitrogens with zero attached hydrogens (tertiary/aromatic N) is 2. The van der Waals surface area contributed by atoms with E-state index in [0.29, 0.717) is 28.7 Å². The number of thiocarbonyl (C=S) groups is 1. The van der Waals surface area contributed by atoms with E-state index in [1.54, 1.807) is 0 Å². The van der Waals surface area contributed by atoms with Gasteiger partial charge in [0.1, 0.15) is 0 Å². The summed E-state index contributed by atoms with van der Waals surface area (Å²) in [5.74, 6) is 1.34. The number of benzene rings is 2. The Balaban J connectivity index is 1.33. The highest BCUT2D eigenvalue weighted by Crippen LogP contribution is 2.35. The molecule has 9 heteroatoms. The summed E-state index contributed by atoms with van der Waals surface area (Å²) in [5, 5.41) is 5.01. The summed E-state index contributed by atoms with van der Waals surface area (Å²) in [5.41, 5.74) is 2.42. The molecule has 0 radical (unpaired) electrons. The number of hydrogen-bond acceptors (Lipinski definition) is 6. The average molecular weight is 509 g/mol. The Labute approximate surface area is 216 Å². The smallest absolute Gasteiger partial charge is 0.253 e. The van der Waals surface area contributed by atoms with Crippen molar-refractivity contribution in [2.24, 2.45) is 0 Å². The molecule has 0 amide bonds. The minimum atomic E-state index is -0.126. The topological polar surface area (TPSA) is 79.1 Å². The molecule has 0 saturated carbocycles. The number of aromatic nitrogens is 1. The van der Waals surface area contributed by atoms with Crippen molar-refractivity contribution in [3.05, 3.63) is 70.0 Å². The van der Waals surface area contributed by atoms with Crippen molar-refractivity contribution in [1.29, 1.82) is 0 Å². The summed E-state index contributed by atoms with van der Waals surface area (Å²) in [7, 11) is 0. The molecule has 2 aliphatic rings. The predicted octanol–water partition coefficient (Wildman–Crippen LogP) is 3.42. The molecule has 3 aromatic rings. The fourth-order valence-electron chi connectivity index (χ4n) is 4.63. The van der Waals surface area contributed by atoms with Crippen molar-refractivity contribution in [3.63, 3.8) is 0 Å². The highest BCUT2D eigenvalue weighted by Gasteiger charge is 2.19. The second-order valence-corrected chi connectivity index (χ2v) is 9.61. The lowest BCUT2D eigenvalue weighted by Crippen LogP contribution is -2.43. The van der Waals surface area contributed by atoms with Crippen LogP contribution in [0.15, 0.2) is 53.3 Å². The van der Waals surface area contributed by atoms with Gasteiger partial charge in [0.2, 0.25) is 6.79 Å². The number of pyridine rings is 1. The maximum Gasteiger partial charge on any atom is 0.253 e. The number of H-pyrrole nitrogens is 1. The third-order valence-corrected chi connectivity index (χ3v) is 7.08. The molecule has 0 spiro atoms. The molecule has 190 valence electrons. The Morgan fingerprint density at radius 2 is 1.89 bits per heavy atom. The summed E-state index contributed by atoms with van der Waals surface area (Å²) in [6.07, 6.45) is 0.936. The van der Waals surface area contributed by atoms with E-state index in [0.717, 1.165) is 62.3 Å². The predicted molar refractivity (Wildman–Crippen MR) is 144 cm³/mol. The van der Waals surface area contributed by atoms with Crippen LogP contribution in [0.4, 0.5) is 0 Å². The van der Waals surface area contributed by atoms with E-state index in [9.17, 15) is 4.79 Å². The summed E-state index contributed by atoms with van der Waals surface area (Å²) in [4.78, 5) is 20.5. The summed E-state index contributed by atoms with van der Waals surface area (Å²) >= 11 is 5.86. The maximum absolute atomic E-state index is 13.0. The quantitative estimate of drug-likeness (QED) is 0.448. The van der Waals surface area contributed by atoms with Crippen LogP contribution in [0.5, 0.6) is 11.5 Å². The molecule has 2 aliphatic heterocycles. The zero-order valence-corrected chi connectivity index (χ0v) is 21.3. The van der Waals surface area contributed by atoms with E-state index in [2.05, 4.69) is 39.2 Å². The van der Waals surface area contributed by atoms with Gasteiger partial charge in [-0.3, -0.25) is 9.69 Å². The molecule has 8 nitrogen and oxygen atoms in total. The first-order valence-corrected chi connectivity index (χ1v) is 12.8. The molecule has 0 aliphatic carbocycles. The van der Waals surface area contributed by atoms with Crippen LogP contribution in [-0.4, -0.2) is 66.1 Å². The molecular formula is C27H32N4O4S. The first kappa shape index (κ1) is 24.5. The van der Waals surface area contributed by atoms with Gasteiger partial charge in [-0.2, -0.15) is 0 Å². The van der Waals surface area contributed by atoms with Gasteiger partial charge in [-0.1, -0.05) is 30.3 Å². The van der Waals surface area contributed by atoms with Crippen LogP contribution in [0.3, 0.4) is 0 Å². The molecule has 36 heavy (non-hydrogen) atoms. The number of hydrogen-bond donors (Lipinski definition) is 2. The summed E-state index contributed by atoms with van der Waals surface area (Å²) in [6.45, 7) is 7.88. The van der Waals surface area contributed by atoms with Gasteiger partial charge in [0.25, 0.3) is 5.56 Å². The van der Waals surface area contributed by atoms with Gasteiger partial charge in [0.15, 0.2) is 16.6 Å². The summed E-state index contributed by atoms with van der Waals surface area (Å²) in [6, 6.07) is 15.9. The molecule has 1 atom stereocenters. The fourth-order valence-corrected chi connectivity index (χ4v) is 4.96. The molecule has 0 bridgehead atoms. The molecule has 2 aromatic carbocycles. The van der Waals surface area contributed by atoms with Gasteiger partial charge in [0, 0.05) is 43.2 Å². The van der Waals surface area contributed by atoms with Crippen LogP contribution in [0.1, 0.15) is 30.5 Å². The van der Waals surface area contributed by atoms with E-state index >= 15 is 0 Å². The zero-order chi connectivity index (χ0) is 24.9. The lowest BCUT2D eigenvalue weighted by atomic mass is 10.1. The van der Waals surface area contributed by atoms with Gasteiger partial charge in [-0.15, -0.1) is 0 Å². The standard InChI is InChI=1S/C27H32N4O4S/c1-19(20-6-3-2-4-7-20)28-27(36)31(9-5-8-30-10-12-33-13-11-30)17-22-14-21-15-24-25(35-18-34-24)16-23(21)29-26(22)32/h2-4,6-7,14-16,19H,5,8-13,17-18H2,1H3,(H,28,36)(H,29,32)/t19-/m1/s1. The Morgan fingerprint density at radius 1 is 1.14 bits per heavy atom. The lowest BCUT2D eigenvalue weighted by molar-refractivity contribution is 0.0367. The third-order valence-electron chi connectivity index (χ3n) is 6.71. The van der Waals surface area contributed by atoms with Crippen LogP contribution in [0.25, 0.3) is 10.9 Å². The van der Waals surface area contributed by atoms with Crippen molar-refractivity contribution >= 4 is 28.2 Å². The lowest BCUT2D eigenvalue weighted by Gasteiger charge is -2.30. The number of morpholine rings is 1. The highest BCUT2D eigenvalue weighted by molar-refractivity contribution is 7.80. The van der Waals surface area contributed by atoms with E-state index in [1.165, 1.54) is 0 Å². The van der Waals surface area contributed by atoms with Crippen molar-refractivity contribution in [3.8, 4) is 11.5 Å². The number of ether oxygens (including phenoxy) is 3. The monoisotopic (exact) mass is 508 g/mol. The molecule has 1 fully saturated rings. The van der Waals surface area contributed by atoms with E-state index in [1.807, 2.05) is 36.4 Å². The molecule has 1 aromatic heterocycles. The van der Waals surface area contributed by atoms with E-state index in [4.69, 9.17) is 26.4 Å². The Hall–Kier alpha value is -3.14. The van der Waals surface area contributed by atoms with Crippen molar-refractivity contribution in [2.45, 2.75) is 25.9 Å². The average Bonchev–Trinajstić information content (AvgIpc) is 3.35. The molecular weight excluding hydrogens is 476 g/mol. The first-order chi connectivity index (χ1) is 17.6. The van der Waals surface area contributed by atoms with Crippen LogP contribution in [0, 0.1) is 0 Å². The van der Waals surface area contributed by atoms with Gasteiger partial charge in [-0.25, -0.2) is 0 Å². The van der Waals surface area contributed by atoms with Crippen molar-refractivity contribution in [1.82, 2.24) is 20.1 Å². The minimum absolute atomic E-state index is 0.0510. The number of aromatic amines is 1. The fraction of sp³-hybridized carbons (Fsp3) is 0.407. The van der Waals surface area contributed by atoms with Crippen molar-refractivity contribution in [2.75, 3.05) is 46.2 Å². The normalized spacial score (nSPS) is 16.1. The van der Waals surface area contributed by atoms with E-state index in [-0.39, 0.29) is 18.4 Å². The van der Waals surface area contributed by atoms with Gasteiger partial charge >= 0.3 is 0 Å². The van der Waals surface area contributed by atoms with Gasteiger partial charge < -0.3 is 29.4 Å². The minimum Gasteiger partial charge on any atom is -0.454 e. The van der Waals surface area contributed by atoms with Crippen LogP contribution in [-0.2, 0) is 11.3 Å². The number of fused-ring (bicyclic) bond motifs is 2. The zero-order valence-electron chi connectivity index (χ0n) is 20.5. The van der Waals surface area contributed by atoms with E-state index < -0.39 is 0 Å². The van der Waals surface area contributed by atoms with Crippen molar-refractivity contribution < 1.29 is 14.2 Å². The largest absolute Gasteiger partial charge is 0.454 e. The molecule has 5 rings (SSSR count). The Morgan fingerprint density at radius 3 is 2.67 bits per heavy atom. The molecule has 1 saturated heterocycles.